The zero-order valence-corrected chi connectivity index (χ0v) is 10.1. The third-order valence-electron chi connectivity index (χ3n) is 2.70. The van der Waals surface area contributed by atoms with Gasteiger partial charge in [-0.05, 0) is 0 Å². The molecule has 0 radical (unpaired) electrons. The Bertz CT molecular complexity index is 513. The predicted molar refractivity (Wildman–Crippen MR) is 58.6 cm³/mol. The van der Waals surface area contributed by atoms with Crippen molar-refractivity contribution < 1.29 is 13.6 Å². The van der Waals surface area contributed by atoms with Crippen molar-refractivity contribution in [3.05, 3.63) is 16.3 Å². The summed E-state index contributed by atoms with van der Waals surface area (Å²) in [6, 6.07) is 0. The number of hydrogen-bond acceptors (Lipinski definition) is 3. The molecule has 9 heteroatoms. The van der Waals surface area contributed by atoms with Gasteiger partial charge in [0.05, 0.1) is 6.54 Å². The fourth-order valence-electron chi connectivity index (χ4n) is 1.85. The molecule has 0 unspecified atom stereocenters. The Kier molecular flexibility index (Phi) is 3.65. The number of nitrogens with zero attached hydrogens (tertiary/aromatic N) is 4. The van der Waals surface area contributed by atoms with Crippen LogP contribution in [0, 0.1) is 0 Å². The number of fused-ring (bicyclic) bond motifs is 1. The van der Waals surface area contributed by atoms with E-state index in [9.17, 15) is 18.4 Å². The van der Waals surface area contributed by atoms with Crippen molar-refractivity contribution in [3.63, 3.8) is 0 Å². The summed E-state index contributed by atoms with van der Waals surface area (Å²) in [6.07, 6.45) is -2.64. The maximum absolute atomic E-state index is 12.2. The molecule has 0 aromatic carbocycles. The molecule has 0 atom stereocenters. The molecule has 2 heterocycles. The number of carbonyl (C=O) groups excluding carboxylic acids is 1. The van der Waals surface area contributed by atoms with Gasteiger partial charge >= 0.3 is 5.69 Å². The van der Waals surface area contributed by atoms with Crippen molar-refractivity contribution in [3.8, 4) is 0 Å². The Morgan fingerprint density at radius 1 is 1.44 bits per heavy atom. The third-order valence-corrected chi connectivity index (χ3v) is 2.93. The van der Waals surface area contributed by atoms with E-state index < -0.39 is 18.7 Å². The van der Waals surface area contributed by atoms with E-state index in [0.29, 0.717) is 12.4 Å². The van der Waals surface area contributed by atoms with E-state index in [1.54, 1.807) is 0 Å². The van der Waals surface area contributed by atoms with E-state index in [1.165, 1.54) is 9.47 Å². The number of carbonyl (C=O) groups is 1. The third kappa shape index (κ3) is 2.38. The molecular formula is C9H11ClF2N4O2. The second-order valence-corrected chi connectivity index (χ2v) is 4.14. The fraction of sp³-hybridized carbons (Fsp3) is 0.667. The molecular weight excluding hydrogens is 270 g/mol. The molecule has 0 saturated heterocycles. The van der Waals surface area contributed by atoms with Crippen LogP contribution in [0.4, 0.5) is 8.78 Å². The smallest absolute Gasteiger partial charge is 0.332 e. The summed E-state index contributed by atoms with van der Waals surface area (Å²) >= 11 is 5.43. The van der Waals surface area contributed by atoms with Gasteiger partial charge in [0.1, 0.15) is 12.4 Å². The molecule has 2 rings (SSSR count). The average molecular weight is 281 g/mol. The van der Waals surface area contributed by atoms with Crippen molar-refractivity contribution >= 4 is 17.5 Å². The molecule has 0 N–H and O–H groups in total. The molecule has 100 valence electrons. The average Bonchev–Trinajstić information content (AvgIpc) is 2.64. The highest BCUT2D eigenvalue weighted by Crippen LogP contribution is 2.09. The van der Waals surface area contributed by atoms with E-state index in [-0.39, 0.29) is 24.9 Å². The van der Waals surface area contributed by atoms with Crippen molar-refractivity contribution in [1.29, 1.82) is 0 Å². The van der Waals surface area contributed by atoms with Gasteiger partial charge in [0.25, 0.3) is 6.43 Å². The minimum atomic E-state index is -2.64. The fourth-order valence-corrected chi connectivity index (χ4v) is 2.01. The number of rotatable bonds is 3. The van der Waals surface area contributed by atoms with Gasteiger partial charge in [-0.2, -0.15) is 5.10 Å². The lowest BCUT2D eigenvalue weighted by Gasteiger charge is -2.25. The first-order valence-corrected chi connectivity index (χ1v) is 5.84. The first-order valence-electron chi connectivity index (χ1n) is 5.31. The Morgan fingerprint density at radius 2 is 2.17 bits per heavy atom. The summed E-state index contributed by atoms with van der Waals surface area (Å²) in [5, 5.41) is 3.81. The molecule has 0 bridgehead atoms. The van der Waals surface area contributed by atoms with Crippen LogP contribution in [0.1, 0.15) is 5.82 Å². The van der Waals surface area contributed by atoms with Crippen molar-refractivity contribution in [1.82, 2.24) is 19.2 Å². The van der Waals surface area contributed by atoms with Crippen LogP contribution in [0.15, 0.2) is 4.79 Å². The quantitative estimate of drug-likeness (QED) is 0.726. The lowest BCUT2D eigenvalue weighted by Crippen LogP contribution is -2.41. The summed E-state index contributed by atoms with van der Waals surface area (Å²) in [5.74, 6) is -0.105. The molecule has 1 aromatic heterocycles. The van der Waals surface area contributed by atoms with Gasteiger partial charge in [0, 0.05) is 13.1 Å². The highest BCUT2D eigenvalue weighted by molar-refractivity contribution is 6.27. The first-order chi connectivity index (χ1) is 8.52. The van der Waals surface area contributed by atoms with E-state index in [1.807, 2.05) is 0 Å². The minimum absolute atomic E-state index is 0.122. The monoisotopic (exact) mass is 280 g/mol. The number of aromatic nitrogens is 3. The van der Waals surface area contributed by atoms with Crippen LogP contribution in [0.3, 0.4) is 0 Å². The van der Waals surface area contributed by atoms with E-state index in [4.69, 9.17) is 11.6 Å². The van der Waals surface area contributed by atoms with Crippen LogP contribution >= 0.6 is 11.6 Å². The SMILES string of the molecule is O=C(CCl)N1CCn2c(nn(CC(F)F)c2=O)C1. The van der Waals surface area contributed by atoms with Crippen molar-refractivity contribution in [2.45, 2.75) is 26.1 Å². The highest BCUT2D eigenvalue weighted by Gasteiger charge is 2.25. The molecule has 1 aliphatic heterocycles. The lowest BCUT2D eigenvalue weighted by molar-refractivity contribution is -0.130. The van der Waals surface area contributed by atoms with Crippen molar-refractivity contribution in [2.24, 2.45) is 0 Å². The maximum atomic E-state index is 12.2. The minimum Gasteiger partial charge on any atom is -0.332 e. The number of halogens is 3. The summed E-state index contributed by atoms with van der Waals surface area (Å²) < 4.78 is 26.5. The zero-order valence-electron chi connectivity index (χ0n) is 9.35. The summed E-state index contributed by atoms with van der Waals surface area (Å²) in [5.41, 5.74) is -0.566. The van der Waals surface area contributed by atoms with E-state index in [2.05, 4.69) is 5.10 Å². The maximum Gasteiger partial charge on any atom is 0.346 e. The Balaban J connectivity index is 2.23. The molecule has 18 heavy (non-hydrogen) atoms. The van der Waals surface area contributed by atoms with E-state index in [0.717, 1.165) is 4.68 Å². The van der Waals surface area contributed by atoms with Gasteiger partial charge < -0.3 is 4.90 Å². The number of hydrogen-bond donors (Lipinski definition) is 0. The number of alkyl halides is 3. The molecule has 0 spiro atoms. The lowest BCUT2D eigenvalue weighted by atomic mass is 10.3. The second kappa shape index (κ2) is 5.05. The standard InChI is InChI=1S/C9H11ClF2N4O2/c10-3-8(17)14-1-2-15-7(5-14)13-16(9(15)18)4-6(11)12/h6H,1-5H2. The molecule has 0 saturated carbocycles. The predicted octanol–water partition coefficient (Wildman–Crippen LogP) is -0.109. The first kappa shape index (κ1) is 13.0. The summed E-state index contributed by atoms with van der Waals surface area (Å²) in [4.78, 5) is 24.5. The molecule has 0 aliphatic carbocycles. The molecule has 0 fully saturated rings. The van der Waals surface area contributed by atoms with Crippen molar-refractivity contribution in [2.75, 3.05) is 12.4 Å². The molecule has 1 aliphatic rings. The zero-order chi connectivity index (χ0) is 13.3. The van der Waals surface area contributed by atoms with Crippen LogP contribution in [0.25, 0.3) is 0 Å². The normalized spacial score (nSPS) is 15.0. The molecule has 1 amide bonds. The molecule has 6 nitrogen and oxygen atoms in total. The van der Waals surface area contributed by atoms with Gasteiger partial charge in [-0.3, -0.25) is 9.36 Å². The van der Waals surface area contributed by atoms with Gasteiger partial charge in [-0.15, -0.1) is 11.6 Å². The Hall–Kier alpha value is -1.44. The van der Waals surface area contributed by atoms with Crippen LogP contribution < -0.4 is 5.69 Å². The van der Waals surface area contributed by atoms with Crippen LogP contribution in [0.2, 0.25) is 0 Å². The van der Waals surface area contributed by atoms with Crippen LogP contribution in [0.5, 0.6) is 0 Å². The second-order valence-electron chi connectivity index (χ2n) is 3.87. The van der Waals surface area contributed by atoms with Crippen LogP contribution in [-0.2, 0) is 24.4 Å². The topological polar surface area (TPSA) is 60.1 Å². The van der Waals surface area contributed by atoms with E-state index >= 15 is 0 Å². The summed E-state index contributed by atoms with van der Waals surface area (Å²) in [6.45, 7) is -0.0296. The van der Waals surface area contributed by atoms with Crippen LogP contribution in [-0.4, -0.2) is 44.0 Å². The van der Waals surface area contributed by atoms with Gasteiger partial charge in [-0.1, -0.05) is 0 Å². The number of amides is 1. The Labute approximate surface area is 106 Å². The summed E-state index contributed by atoms with van der Waals surface area (Å²) in [7, 11) is 0. The van der Waals surface area contributed by atoms with Gasteiger partial charge in [0.2, 0.25) is 5.91 Å². The largest absolute Gasteiger partial charge is 0.346 e. The highest BCUT2D eigenvalue weighted by atomic mass is 35.5. The van der Waals surface area contributed by atoms with Gasteiger partial charge in [-0.25, -0.2) is 18.3 Å². The molecule has 1 aromatic rings. The Morgan fingerprint density at radius 3 is 2.78 bits per heavy atom. The van der Waals surface area contributed by atoms with Gasteiger partial charge in [0.15, 0.2) is 5.82 Å².